The second kappa shape index (κ2) is 7.12. The zero-order chi connectivity index (χ0) is 16.0. The highest BCUT2D eigenvalue weighted by molar-refractivity contribution is 5.68. The highest BCUT2D eigenvalue weighted by atomic mass is 16.6. The molecular formula is C14H22N2O5. The van der Waals surface area contributed by atoms with Crippen molar-refractivity contribution < 1.29 is 18.8 Å². The van der Waals surface area contributed by atoms with E-state index in [2.05, 4.69) is 10.2 Å². The van der Waals surface area contributed by atoms with E-state index in [0.29, 0.717) is 6.42 Å². The Balaban J connectivity index is 2.93. The summed E-state index contributed by atoms with van der Waals surface area (Å²) in [6, 6.07) is 2.10. The summed E-state index contributed by atoms with van der Waals surface area (Å²) in [7, 11) is 0. The summed E-state index contributed by atoms with van der Waals surface area (Å²) in [6.45, 7) is 7.25. The lowest BCUT2D eigenvalue weighted by atomic mass is 10.1. The van der Waals surface area contributed by atoms with E-state index in [1.807, 2.05) is 6.92 Å². The van der Waals surface area contributed by atoms with E-state index in [0.717, 1.165) is 12.5 Å². The highest BCUT2D eigenvalue weighted by Crippen LogP contribution is 2.21. The fourth-order valence-electron chi connectivity index (χ4n) is 1.74. The van der Waals surface area contributed by atoms with Gasteiger partial charge in [0.2, 0.25) is 0 Å². The summed E-state index contributed by atoms with van der Waals surface area (Å²) in [5, 5.41) is 2.68. The van der Waals surface area contributed by atoms with Gasteiger partial charge in [0.15, 0.2) is 5.75 Å². The van der Waals surface area contributed by atoms with Crippen LogP contribution in [0, 0.1) is 0 Å². The molecule has 21 heavy (non-hydrogen) atoms. The molecule has 1 heterocycles. The molecule has 118 valence electrons. The van der Waals surface area contributed by atoms with E-state index in [-0.39, 0.29) is 11.5 Å². The van der Waals surface area contributed by atoms with Gasteiger partial charge in [-0.15, -0.1) is 0 Å². The van der Waals surface area contributed by atoms with Gasteiger partial charge in [0.05, 0.1) is 12.1 Å². The fraction of sp³-hybridized carbons (Fsp3) is 0.571. The molecule has 1 aromatic heterocycles. The van der Waals surface area contributed by atoms with Crippen LogP contribution in [0.2, 0.25) is 0 Å². The summed E-state index contributed by atoms with van der Waals surface area (Å²) in [5.41, 5.74) is -1.20. The quantitative estimate of drug-likeness (QED) is 0.808. The monoisotopic (exact) mass is 298 g/mol. The van der Waals surface area contributed by atoms with Crippen molar-refractivity contribution in [3.8, 4) is 5.75 Å². The molecule has 0 bridgehead atoms. The molecule has 7 nitrogen and oxygen atoms in total. The predicted octanol–water partition coefficient (Wildman–Crippen LogP) is 2.26. The molecule has 1 amide bonds. The van der Waals surface area contributed by atoms with Crippen LogP contribution in [-0.2, 0) is 4.74 Å². The van der Waals surface area contributed by atoms with Crippen molar-refractivity contribution in [1.82, 2.24) is 5.32 Å². The number of amides is 1. The molecule has 0 fully saturated rings. The normalized spacial score (nSPS) is 12.6. The van der Waals surface area contributed by atoms with Gasteiger partial charge in [0.1, 0.15) is 11.4 Å². The lowest BCUT2D eigenvalue weighted by Gasteiger charge is -2.23. The third-order valence-electron chi connectivity index (χ3n) is 2.51. The average Bonchev–Trinajstić information content (AvgIpc) is 2.35. The summed E-state index contributed by atoms with van der Waals surface area (Å²) in [5.74, 6) is 5.50. The minimum atomic E-state index is -0.607. The van der Waals surface area contributed by atoms with Gasteiger partial charge in [-0.2, -0.15) is 5.90 Å². The first-order valence-electron chi connectivity index (χ1n) is 6.76. The number of hydrogen-bond donors (Lipinski definition) is 2. The number of rotatable bonds is 5. The standard InChI is InChI=1S/C14H22N2O5/c1-5-6-10(16-13(18)20-14(2,3)4)11-7-9(21-15)8-12(17)19-11/h7-8,10H,5-6,15H2,1-4H3,(H,16,18)/t10-/m1/s1. The van der Waals surface area contributed by atoms with E-state index >= 15 is 0 Å². The van der Waals surface area contributed by atoms with Gasteiger partial charge in [-0.3, -0.25) is 0 Å². The third-order valence-corrected chi connectivity index (χ3v) is 2.51. The molecule has 3 N–H and O–H groups in total. The molecular weight excluding hydrogens is 276 g/mol. The Kier molecular flexibility index (Phi) is 5.78. The van der Waals surface area contributed by atoms with Gasteiger partial charge in [0, 0.05) is 6.07 Å². The zero-order valence-corrected chi connectivity index (χ0v) is 12.8. The maximum atomic E-state index is 11.8. The predicted molar refractivity (Wildman–Crippen MR) is 76.8 cm³/mol. The molecule has 0 spiro atoms. The van der Waals surface area contributed by atoms with Crippen LogP contribution in [0.15, 0.2) is 21.3 Å². The fourth-order valence-corrected chi connectivity index (χ4v) is 1.74. The maximum Gasteiger partial charge on any atom is 0.408 e. The van der Waals surface area contributed by atoms with Gasteiger partial charge in [-0.25, -0.2) is 9.59 Å². The Labute approximate surface area is 123 Å². The van der Waals surface area contributed by atoms with Crippen LogP contribution in [-0.4, -0.2) is 11.7 Å². The molecule has 0 radical (unpaired) electrons. The molecule has 0 aliphatic rings. The smallest absolute Gasteiger partial charge is 0.408 e. The molecule has 7 heteroatoms. The van der Waals surface area contributed by atoms with Gasteiger partial charge >= 0.3 is 11.7 Å². The second-order valence-electron chi connectivity index (χ2n) is 5.62. The maximum absolute atomic E-state index is 11.8. The Morgan fingerprint density at radius 2 is 2.10 bits per heavy atom. The molecule has 1 rings (SSSR count). The van der Waals surface area contributed by atoms with E-state index in [1.165, 1.54) is 6.07 Å². The summed E-state index contributed by atoms with van der Waals surface area (Å²) in [4.78, 5) is 27.8. The van der Waals surface area contributed by atoms with E-state index < -0.39 is 23.4 Å². The number of carbonyl (C=O) groups is 1. The van der Waals surface area contributed by atoms with Crippen LogP contribution < -0.4 is 21.7 Å². The van der Waals surface area contributed by atoms with Crippen molar-refractivity contribution in [2.75, 3.05) is 0 Å². The summed E-state index contributed by atoms with van der Waals surface area (Å²) in [6.07, 6.45) is 0.774. The first kappa shape index (κ1) is 17.0. The second-order valence-corrected chi connectivity index (χ2v) is 5.62. The minimum Gasteiger partial charge on any atom is -0.444 e. The van der Waals surface area contributed by atoms with E-state index in [9.17, 15) is 9.59 Å². The average molecular weight is 298 g/mol. The van der Waals surface area contributed by atoms with Gasteiger partial charge < -0.3 is 19.3 Å². The van der Waals surface area contributed by atoms with Crippen molar-refractivity contribution in [1.29, 1.82) is 0 Å². The lowest BCUT2D eigenvalue weighted by molar-refractivity contribution is 0.0493. The molecule has 0 unspecified atom stereocenters. The molecule has 0 aromatic carbocycles. The number of nitrogens with one attached hydrogen (secondary N) is 1. The van der Waals surface area contributed by atoms with Crippen LogP contribution in [0.1, 0.15) is 52.3 Å². The Hall–Kier alpha value is -2.02. The Morgan fingerprint density at radius 3 is 2.62 bits per heavy atom. The van der Waals surface area contributed by atoms with Crippen LogP contribution in [0.25, 0.3) is 0 Å². The minimum absolute atomic E-state index is 0.174. The van der Waals surface area contributed by atoms with Gasteiger partial charge in [0.25, 0.3) is 0 Å². The lowest BCUT2D eigenvalue weighted by Crippen LogP contribution is -2.35. The van der Waals surface area contributed by atoms with Crippen LogP contribution in [0.3, 0.4) is 0 Å². The van der Waals surface area contributed by atoms with Gasteiger partial charge in [-0.05, 0) is 27.2 Å². The number of hydrogen-bond acceptors (Lipinski definition) is 6. The SMILES string of the molecule is CCC[C@@H](NC(=O)OC(C)(C)C)c1cc(ON)cc(=O)o1. The number of carbonyl (C=O) groups excluding carboxylic acids is 1. The van der Waals surface area contributed by atoms with Crippen molar-refractivity contribution in [2.45, 2.75) is 52.2 Å². The highest BCUT2D eigenvalue weighted by Gasteiger charge is 2.22. The molecule has 0 saturated carbocycles. The number of nitrogens with two attached hydrogens (primary N) is 1. The number of ether oxygens (including phenoxy) is 1. The molecule has 1 atom stereocenters. The number of alkyl carbamates (subject to hydrolysis) is 1. The van der Waals surface area contributed by atoms with E-state index in [1.54, 1.807) is 20.8 Å². The van der Waals surface area contributed by atoms with Crippen molar-refractivity contribution in [2.24, 2.45) is 5.90 Å². The molecule has 1 aromatic rings. The topological polar surface area (TPSA) is 104 Å². The van der Waals surface area contributed by atoms with Crippen molar-refractivity contribution in [3.05, 3.63) is 28.3 Å². The Morgan fingerprint density at radius 1 is 1.43 bits per heavy atom. The summed E-state index contributed by atoms with van der Waals surface area (Å²) < 4.78 is 10.3. The van der Waals surface area contributed by atoms with Crippen molar-refractivity contribution >= 4 is 6.09 Å². The van der Waals surface area contributed by atoms with Crippen molar-refractivity contribution in [3.63, 3.8) is 0 Å². The third kappa shape index (κ3) is 5.86. The molecule has 0 saturated heterocycles. The first-order chi connectivity index (χ1) is 9.75. The first-order valence-corrected chi connectivity index (χ1v) is 6.76. The summed E-state index contributed by atoms with van der Waals surface area (Å²) >= 11 is 0. The van der Waals surface area contributed by atoms with Gasteiger partial charge in [-0.1, -0.05) is 13.3 Å². The van der Waals surface area contributed by atoms with Crippen LogP contribution >= 0.6 is 0 Å². The zero-order valence-electron chi connectivity index (χ0n) is 12.8. The van der Waals surface area contributed by atoms with E-state index in [4.69, 9.17) is 15.1 Å². The Bertz CT molecular complexity index is 533. The molecule has 0 aliphatic carbocycles. The van der Waals surface area contributed by atoms with Crippen LogP contribution in [0.5, 0.6) is 5.75 Å². The van der Waals surface area contributed by atoms with Crippen LogP contribution in [0.4, 0.5) is 4.79 Å². The largest absolute Gasteiger partial charge is 0.444 e. The molecule has 0 aliphatic heterocycles.